The second-order valence-corrected chi connectivity index (χ2v) is 4.10. The molecule has 3 aromatic rings. The van der Waals surface area contributed by atoms with Crippen molar-refractivity contribution < 1.29 is 9.26 Å². The van der Waals surface area contributed by atoms with Gasteiger partial charge in [-0.15, -0.1) is 0 Å². The molecule has 0 atom stereocenters. The molecule has 0 fully saturated rings. The third kappa shape index (κ3) is 2.51. The van der Waals surface area contributed by atoms with Crippen molar-refractivity contribution in [1.29, 1.82) is 0 Å². The second kappa shape index (κ2) is 5.52. The van der Waals surface area contributed by atoms with Crippen molar-refractivity contribution in [2.24, 2.45) is 0 Å². The van der Waals surface area contributed by atoms with Crippen LogP contribution in [0, 0.1) is 0 Å². The van der Waals surface area contributed by atoms with Crippen molar-refractivity contribution in [3.63, 3.8) is 0 Å². The monoisotopic (exact) mass is 267 g/mol. The Kier molecular flexibility index (Phi) is 3.41. The summed E-state index contributed by atoms with van der Waals surface area (Å²) in [6.07, 6.45) is 1.70. The quantitative estimate of drug-likeness (QED) is 0.726. The third-order valence-corrected chi connectivity index (χ3v) is 2.71. The molecule has 0 bridgehead atoms. The maximum Gasteiger partial charge on any atom is 0.258 e. The van der Waals surface area contributed by atoms with Crippen LogP contribution in [0.3, 0.4) is 0 Å². The molecule has 0 aliphatic rings. The van der Waals surface area contributed by atoms with Crippen LogP contribution in [0.25, 0.3) is 23.0 Å². The molecule has 0 spiro atoms. The first-order chi connectivity index (χ1) is 9.86. The number of nitrogens with zero attached hydrogens (tertiary/aromatic N) is 3. The fourth-order valence-corrected chi connectivity index (χ4v) is 1.83. The molecule has 0 aliphatic carbocycles. The Bertz CT molecular complexity index is 695. The molecule has 0 radical (unpaired) electrons. The number of pyridine rings is 1. The van der Waals surface area contributed by atoms with Gasteiger partial charge in [-0.2, -0.15) is 4.98 Å². The minimum absolute atomic E-state index is 0.451. The van der Waals surface area contributed by atoms with Crippen LogP contribution >= 0.6 is 0 Å². The van der Waals surface area contributed by atoms with Gasteiger partial charge in [0, 0.05) is 11.8 Å². The van der Waals surface area contributed by atoms with Crippen molar-refractivity contribution in [1.82, 2.24) is 15.1 Å². The van der Waals surface area contributed by atoms with Crippen LogP contribution in [0.5, 0.6) is 5.75 Å². The van der Waals surface area contributed by atoms with E-state index in [1.165, 1.54) is 0 Å². The van der Waals surface area contributed by atoms with E-state index in [9.17, 15) is 0 Å². The molecule has 5 nitrogen and oxygen atoms in total. The molecule has 0 unspecified atom stereocenters. The maximum absolute atomic E-state index is 5.46. The number of rotatable bonds is 4. The maximum atomic E-state index is 5.46. The Labute approximate surface area is 116 Å². The van der Waals surface area contributed by atoms with E-state index in [0.29, 0.717) is 24.0 Å². The number of aromatic nitrogens is 3. The molecule has 3 rings (SSSR count). The van der Waals surface area contributed by atoms with Crippen LogP contribution in [0.4, 0.5) is 0 Å². The van der Waals surface area contributed by atoms with Crippen LogP contribution in [-0.2, 0) is 0 Å². The Morgan fingerprint density at radius 1 is 1.15 bits per heavy atom. The van der Waals surface area contributed by atoms with Gasteiger partial charge in [0.15, 0.2) is 0 Å². The Morgan fingerprint density at radius 3 is 2.90 bits per heavy atom. The van der Waals surface area contributed by atoms with Gasteiger partial charge in [0.05, 0.1) is 6.61 Å². The molecule has 0 aliphatic heterocycles. The highest BCUT2D eigenvalue weighted by Crippen LogP contribution is 2.24. The first kappa shape index (κ1) is 12.3. The summed E-state index contributed by atoms with van der Waals surface area (Å²) in [5.74, 6) is 1.71. The van der Waals surface area contributed by atoms with E-state index in [1.807, 2.05) is 49.4 Å². The van der Waals surface area contributed by atoms with Gasteiger partial charge in [-0.25, -0.2) is 0 Å². The van der Waals surface area contributed by atoms with Crippen molar-refractivity contribution in [2.45, 2.75) is 6.92 Å². The summed E-state index contributed by atoms with van der Waals surface area (Å²) in [6.45, 7) is 2.56. The average molecular weight is 267 g/mol. The Balaban J connectivity index is 1.92. The van der Waals surface area contributed by atoms with Gasteiger partial charge < -0.3 is 9.26 Å². The van der Waals surface area contributed by atoms with E-state index in [4.69, 9.17) is 9.26 Å². The topological polar surface area (TPSA) is 61.0 Å². The van der Waals surface area contributed by atoms with E-state index >= 15 is 0 Å². The minimum Gasteiger partial charge on any atom is -0.494 e. The first-order valence-corrected chi connectivity index (χ1v) is 6.35. The molecular weight excluding hydrogens is 254 g/mol. The zero-order valence-electron chi connectivity index (χ0n) is 11.0. The van der Waals surface area contributed by atoms with Crippen LogP contribution in [0.2, 0.25) is 0 Å². The molecular formula is C15H13N3O2. The number of benzene rings is 1. The molecule has 0 saturated heterocycles. The molecule has 0 N–H and O–H groups in total. The SMILES string of the molecule is CCOc1cccc(-c2nc(-c3ccccn3)no2)c1. The van der Waals surface area contributed by atoms with Gasteiger partial charge in [0.25, 0.3) is 5.89 Å². The predicted molar refractivity (Wildman–Crippen MR) is 74.1 cm³/mol. The van der Waals surface area contributed by atoms with Gasteiger partial charge in [-0.3, -0.25) is 4.98 Å². The molecule has 100 valence electrons. The number of hydrogen-bond acceptors (Lipinski definition) is 5. The third-order valence-electron chi connectivity index (χ3n) is 2.71. The van der Waals surface area contributed by atoms with Gasteiger partial charge >= 0.3 is 0 Å². The van der Waals surface area contributed by atoms with E-state index in [-0.39, 0.29) is 0 Å². The summed E-state index contributed by atoms with van der Waals surface area (Å²) < 4.78 is 10.7. The lowest BCUT2D eigenvalue weighted by Crippen LogP contribution is -1.91. The molecule has 20 heavy (non-hydrogen) atoms. The first-order valence-electron chi connectivity index (χ1n) is 6.35. The molecule has 0 saturated carbocycles. The Hall–Kier alpha value is -2.69. The standard InChI is InChI=1S/C15H13N3O2/c1-2-19-12-7-5-6-11(10-12)15-17-14(18-20-15)13-8-3-4-9-16-13/h3-10H,2H2,1H3. The van der Waals surface area contributed by atoms with E-state index < -0.39 is 0 Å². The van der Waals surface area contributed by atoms with Gasteiger partial charge in [0.1, 0.15) is 11.4 Å². The number of ether oxygens (including phenoxy) is 1. The van der Waals surface area contributed by atoms with Crippen LogP contribution in [0.15, 0.2) is 53.2 Å². The van der Waals surface area contributed by atoms with E-state index in [2.05, 4.69) is 15.1 Å². The van der Waals surface area contributed by atoms with Gasteiger partial charge in [0.2, 0.25) is 5.82 Å². The highest BCUT2D eigenvalue weighted by Gasteiger charge is 2.11. The van der Waals surface area contributed by atoms with Gasteiger partial charge in [-0.1, -0.05) is 17.3 Å². The van der Waals surface area contributed by atoms with Gasteiger partial charge in [-0.05, 0) is 37.3 Å². The smallest absolute Gasteiger partial charge is 0.258 e. The fourth-order valence-electron chi connectivity index (χ4n) is 1.83. The lowest BCUT2D eigenvalue weighted by molar-refractivity contribution is 0.340. The summed E-state index contributed by atoms with van der Waals surface area (Å²) in [6, 6.07) is 13.1. The summed E-state index contributed by atoms with van der Waals surface area (Å²) in [5, 5.41) is 3.95. The van der Waals surface area contributed by atoms with Crippen molar-refractivity contribution in [2.75, 3.05) is 6.61 Å². The molecule has 2 heterocycles. The highest BCUT2D eigenvalue weighted by atomic mass is 16.5. The van der Waals surface area contributed by atoms with E-state index in [1.54, 1.807) is 6.20 Å². The summed E-state index contributed by atoms with van der Waals surface area (Å²) >= 11 is 0. The summed E-state index contributed by atoms with van der Waals surface area (Å²) in [4.78, 5) is 8.55. The highest BCUT2D eigenvalue weighted by molar-refractivity contribution is 5.58. The zero-order valence-corrected chi connectivity index (χ0v) is 11.0. The Morgan fingerprint density at radius 2 is 2.10 bits per heavy atom. The number of hydrogen-bond donors (Lipinski definition) is 0. The lowest BCUT2D eigenvalue weighted by atomic mass is 10.2. The van der Waals surface area contributed by atoms with Crippen molar-refractivity contribution in [3.8, 4) is 28.7 Å². The molecule has 1 aromatic carbocycles. The van der Waals surface area contributed by atoms with Crippen LogP contribution < -0.4 is 4.74 Å². The van der Waals surface area contributed by atoms with Crippen molar-refractivity contribution in [3.05, 3.63) is 48.7 Å². The molecule has 0 amide bonds. The van der Waals surface area contributed by atoms with Crippen LogP contribution in [0.1, 0.15) is 6.92 Å². The predicted octanol–water partition coefficient (Wildman–Crippen LogP) is 3.20. The van der Waals surface area contributed by atoms with Crippen LogP contribution in [-0.4, -0.2) is 21.7 Å². The van der Waals surface area contributed by atoms with Crippen molar-refractivity contribution >= 4 is 0 Å². The average Bonchev–Trinajstić information content (AvgIpc) is 2.99. The molecule has 2 aromatic heterocycles. The summed E-state index contributed by atoms with van der Waals surface area (Å²) in [7, 11) is 0. The second-order valence-electron chi connectivity index (χ2n) is 4.10. The fraction of sp³-hybridized carbons (Fsp3) is 0.133. The molecule has 5 heteroatoms. The zero-order chi connectivity index (χ0) is 13.8. The summed E-state index contributed by atoms with van der Waals surface area (Å²) in [5.41, 5.74) is 1.51. The minimum atomic E-state index is 0.451. The lowest BCUT2D eigenvalue weighted by Gasteiger charge is -2.02. The van der Waals surface area contributed by atoms with E-state index in [0.717, 1.165) is 11.3 Å². The largest absolute Gasteiger partial charge is 0.494 e. The normalized spacial score (nSPS) is 10.4.